The second-order valence-corrected chi connectivity index (χ2v) is 10.8. The number of aryl methyl sites for hydroxylation is 1. The highest BCUT2D eigenvalue weighted by Gasteiger charge is 2.33. The minimum absolute atomic E-state index is 0.106. The van der Waals surface area contributed by atoms with Crippen LogP contribution in [0.5, 0.6) is 5.75 Å². The molecule has 2 amide bonds. The topological polar surface area (TPSA) is 128 Å². The van der Waals surface area contributed by atoms with Gasteiger partial charge in [-0.3, -0.25) is 4.79 Å². The third-order valence-corrected chi connectivity index (χ3v) is 6.28. The van der Waals surface area contributed by atoms with Gasteiger partial charge in [0.25, 0.3) is 0 Å². The van der Waals surface area contributed by atoms with Gasteiger partial charge in [-0.05, 0) is 51.8 Å². The molecule has 2 aliphatic rings. The van der Waals surface area contributed by atoms with Crippen LogP contribution in [0.4, 0.5) is 4.79 Å². The fraction of sp³-hybridized carbons (Fsp3) is 0.704. The number of hydrogen-bond donors (Lipinski definition) is 3. The highest BCUT2D eigenvalue weighted by Crippen LogP contribution is 2.22. The molecular formula is C27H43N3O8. The molecule has 2 saturated heterocycles. The highest BCUT2D eigenvalue weighted by atomic mass is 16.7. The lowest BCUT2D eigenvalue weighted by molar-refractivity contribution is -0.158. The number of β-amino-alcohol motifs (C(OH)–C–C–N with tert-alkyl or cyclic N) is 1. The molecule has 1 aromatic rings. The van der Waals surface area contributed by atoms with E-state index in [1.54, 1.807) is 4.90 Å². The van der Waals surface area contributed by atoms with Crippen molar-refractivity contribution in [3.8, 4) is 5.75 Å². The summed E-state index contributed by atoms with van der Waals surface area (Å²) in [6, 6.07) is 7.31. The normalized spacial score (nSPS) is 20.1. The van der Waals surface area contributed by atoms with Crippen LogP contribution in [-0.2, 0) is 30.2 Å². The Bertz CT molecular complexity index is 887. The van der Waals surface area contributed by atoms with Crippen molar-refractivity contribution in [2.24, 2.45) is 0 Å². The maximum atomic E-state index is 12.3. The van der Waals surface area contributed by atoms with Crippen LogP contribution in [-0.4, -0.2) is 105 Å². The van der Waals surface area contributed by atoms with Gasteiger partial charge in [0.15, 0.2) is 5.79 Å². The maximum absolute atomic E-state index is 12.3. The van der Waals surface area contributed by atoms with Gasteiger partial charge in [-0.2, -0.15) is 0 Å². The summed E-state index contributed by atoms with van der Waals surface area (Å²) in [4.78, 5) is 26.1. The van der Waals surface area contributed by atoms with Crippen molar-refractivity contribution in [3.05, 3.63) is 29.8 Å². The number of aliphatic hydroxyl groups is 1. The number of nitrogens with one attached hydrogen (secondary N) is 2. The lowest BCUT2D eigenvalue weighted by Gasteiger charge is -2.31. The average Bonchev–Trinajstić information content (AvgIpc) is 3.26. The first kappa shape index (κ1) is 30.1. The third-order valence-electron chi connectivity index (χ3n) is 6.28. The molecule has 0 aromatic heterocycles. The van der Waals surface area contributed by atoms with Gasteiger partial charge in [-0.1, -0.05) is 12.1 Å². The van der Waals surface area contributed by atoms with Gasteiger partial charge in [0.2, 0.25) is 0 Å². The summed E-state index contributed by atoms with van der Waals surface area (Å²) in [6.07, 6.45) is -0.137. The number of aliphatic hydroxyl groups excluding tert-OH is 1. The van der Waals surface area contributed by atoms with E-state index in [9.17, 15) is 14.7 Å². The molecule has 2 fully saturated rings. The number of ether oxygens (including phenoxy) is 5. The fourth-order valence-electron chi connectivity index (χ4n) is 3.98. The summed E-state index contributed by atoms with van der Waals surface area (Å²) >= 11 is 0. The van der Waals surface area contributed by atoms with Crippen LogP contribution in [0.25, 0.3) is 0 Å². The molecule has 0 bridgehead atoms. The monoisotopic (exact) mass is 537 g/mol. The fourth-order valence-corrected chi connectivity index (χ4v) is 3.98. The maximum Gasteiger partial charge on any atom is 0.317 e. The van der Waals surface area contributed by atoms with Gasteiger partial charge in [0.05, 0.1) is 19.8 Å². The Labute approximate surface area is 225 Å². The molecule has 11 heteroatoms. The number of benzene rings is 1. The molecular weight excluding hydrogens is 494 g/mol. The third kappa shape index (κ3) is 10.7. The summed E-state index contributed by atoms with van der Waals surface area (Å²) in [5.41, 5.74) is 0.583. The molecule has 214 valence electrons. The SMILES string of the molecule is CC(C)(CNC(=O)N1CCOCC1)NCC(O)COc1ccc(CCC(=O)OCC2COC(C)(C)O2)cc1. The van der Waals surface area contributed by atoms with Crippen LogP contribution < -0.4 is 15.4 Å². The number of nitrogens with zero attached hydrogens (tertiary/aromatic N) is 1. The van der Waals surface area contributed by atoms with Crippen molar-refractivity contribution in [3.63, 3.8) is 0 Å². The Morgan fingerprint density at radius 1 is 1.21 bits per heavy atom. The summed E-state index contributed by atoms with van der Waals surface area (Å²) < 4.78 is 27.4. The van der Waals surface area contributed by atoms with Gasteiger partial charge in [0.1, 0.15) is 31.2 Å². The van der Waals surface area contributed by atoms with E-state index in [1.807, 2.05) is 52.0 Å². The van der Waals surface area contributed by atoms with Crippen molar-refractivity contribution in [1.29, 1.82) is 0 Å². The van der Waals surface area contributed by atoms with E-state index in [1.165, 1.54) is 0 Å². The Morgan fingerprint density at radius 3 is 2.58 bits per heavy atom. The second kappa shape index (κ2) is 14.1. The van der Waals surface area contributed by atoms with E-state index < -0.39 is 17.4 Å². The average molecular weight is 538 g/mol. The molecule has 0 saturated carbocycles. The number of carbonyl (C=O) groups excluding carboxylic acids is 2. The molecule has 1 aromatic carbocycles. The van der Waals surface area contributed by atoms with E-state index >= 15 is 0 Å². The molecule has 2 atom stereocenters. The lowest BCUT2D eigenvalue weighted by atomic mass is 10.1. The van der Waals surface area contributed by atoms with E-state index in [-0.39, 0.29) is 37.7 Å². The van der Waals surface area contributed by atoms with Gasteiger partial charge in [-0.15, -0.1) is 0 Å². The number of rotatable bonds is 13. The van der Waals surface area contributed by atoms with Gasteiger partial charge >= 0.3 is 12.0 Å². The zero-order chi connectivity index (χ0) is 27.6. The Kier molecular flexibility index (Phi) is 11.2. The van der Waals surface area contributed by atoms with E-state index in [2.05, 4.69) is 10.6 Å². The first-order valence-corrected chi connectivity index (χ1v) is 13.2. The summed E-state index contributed by atoms with van der Waals surface area (Å²) in [5, 5.41) is 16.6. The van der Waals surface area contributed by atoms with Crippen LogP contribution >= 0.6 is 0 Å². The first-order valence-electron chi connectivity index (χ1n) is 13.2. The zero-order valence-electron chi connectivity index (χ0n) is 23.0. The summed E-state index contributed by atoms with van der Waals surface area (Å²) in [5.74, 6) is -0.280. The van der Waals surface area contributed by atoms with Crippen molar-refractivity contribution >= 4 is 12.0 Å². The van der Waals surface area contributed by atoms with Crippen LogP contribution in [0.15, 0.2) is 24.3 Å². The predicted molar refractivity (Wildman–Crippen MR) is 140 cm³/mol. The number of urea groups is 1. The first-order chi connectivity index (χ1) is 18.0. The molecule has 2 heterocycles. The van der Waals surface area contributed by atoms with Crippen LogP contribution in [0.2, 0.25) is 0 Å². The van der Waals surface area contributed by atoms with Crippen LogP contribution in [0.3, 0.4) is 0 Å². The second-order valence-electron chi connectivity index (χ2n) is 10.8. The lowest BCUT2D eigenvalue weighted by Crippen LogP contribution is -2.54. The molecule has 0 spiro atoms. The number of carbonyl (C=O) groups is 2. The van der Waals surface area contributed by atoms with E-state index in [0.29, 0.717) is 58.2 Å². The summed E-state index contributed by atoms with van der Waals surface area (Å²) in [6.45, 7) is 11.4. The number of morpholine rings is 1. The minimum Gasteiger partial charge on any atom is -0.491 e. The van der Waals surface area contributed by atoms with Gasteiger partial charge in [-0.25, -0.2) is 4.79 Å². The quantitative estimate of drug-likeness (QED) is 0.321. The minimum atomic E-state index is -0.724. The van der Waals surface area contributed by atoms with Crippen molar-refractivity contribution in [2.75, 3.05) is 59.2 Å². The predicted octanol–water partition coefficient (Wildman–Crippen LogP) is 1.46. The van der Waals surface area contributed by atoms with Crippen LogP contribution in [0, 0.1) is 0 Å². The smallest absolute Gasteiger partial charge is 0.317 e. The van der Waals surface area contributed by atoms with Crippen LogP contribution in [0.1, 0.15) is 39.7 Å². The van der Waals surface area contributed by atoms with E-state index in [0.717, 1.165) is 5.56 Å². The Hall–Kier alpha value is -2.44. The van der Waals surface area contributed by atoms with Gasteiger partial charge in [0, 0.05) is 38.1 Å². The van der Waals surface area contributed by atoms with Crippen molar-refractivity contribution in [2.45, 2.75) is 64.1 Å². The highest BCUT2D eigenvalue weighted by molar-refractivity contribution is 5.74. The molecule has 11 nitrogen and oxygen atoms in total. The van der Waals surface area contributed by atoms with E-state index in [4.69, 9.17) is 23.7 Å². The van der Waals surface area contributed by atoms with Crippen molar-refractivity contribution in [1.82, 2.24) is 15.5 Å². The number of esters is 1. The van der Waals surface area contributed by atoms with Gasteiger partial charge < -0.3 is 44.3 Å². The molecule has 3 N–H and O–H groups in total. The summed E-state index contributed by atoms with van der Waals surface area (Å²) in [7, 11) is 0. The molecule has 0 radical (unpaired) electrons. The number of amides is 2. The largest absolute Gasteiger partial charge is 0.491 e. The standard InChI is InChI=1S/C27H43N3O8/c1-26(2,19-28-25(33)30-11-13-34-14-12-30)29-15-21(31)16-35-22-8-5-20(6-9-22)7-10-24(32)36-17-23-18-37-27(3,4)38-23/h5-6,8-9,21,23,29,31H,7,10-19H2,1-4H3,(H,28,33). The molecule has 2 unspecified atom stereocenters. The van der Waals surface area contributed by atoms with Crippen molar-refractivity contribution < 1.29 is 38.4 Å². The molecule has 2 aliphatic heterocycles. The number of hydrogen-bond acceptors (Lipinski definition) is 9. The Balaban J connectivity index is 1.28. The molecule has 38 heavy (non-hydrogen) atoms. The molecule has 3 rings (SSSR count). The zero-order valence-corrected chi connectivity index (χ0v) is 23.0. The molecule has 0 aliphatic carbocycles. The Morgan fingerprint density at radius 2 is 1.92 bits per heavy atom.